The van der Waals surface area contributed by atoms with Crippen molar-refractivity contribution < 1.29 is 0 Å². The first kappa shape index (κ1) is 14.7. The minimum atomic E-state index is 0.902. The molecule has 0 rings (SSSR count). The first-order valence-corrected chi connectivity index (χ1v) is 8.43. The standard InChI is InChI=1S/C12H26S2/c1-5-7-11(3)9-13-14-10-12(4)8-6-2/h11-12H,5-10H2,1-4H3. The molecule has 2 heteroatoms. The van der Waals surface area contributed by atoms with Gasteiger partial charge in [-0.05, 0) is 11.8 Å². The maximum absolute atomic E-state index is 2.37. The van der Waals surface area contributed by atoms with E-state index in [2.05, 4.69) is 49.3 Å². The maximum Gasteiger partial charge on any atom is 0.00626 e. The Labute approximate surface area is 98.4 Å². The SMILES string of the molecule is CCCC(C)CSSCC(C)CCC. The van der Waals surface area contributed by atoms with Crippen molar-refractivity contribution in [3.8, 4) is 0 Å². The lowest BCUT2D eigenvalue weighted by Gasteiger charge is -2.11. The van der Waals surface area contributed by atoms with E-state index in [1.165, 1.54) is 37.2 Å². The lowest BCUT2D eigenvalue weighted by Crippen LogP contribution is -1.98. The van der Waals surface area contributed by atoms with Crippen LogP contribution >= 0.6 is 21.6 Å². The van der Waals surface area contributed by atoms with Crippen molar-refractivity contribution in [3.05, 3.63) is 0 Å². The van der Waals surface area contributed by atoms with Gasteiger partial charge in [-0.15, -0.1) is 0 Å². The van der Waals surface area contributed by atoms with Crippen LogP contribution in [0.15, 0.2) is 0 Å². The van der Waals surface area contributed by atoms with Crippen LogP contribution in [0, 0.1) is 11.8 Å². The van der Waals surface area contributed by atoms with E-state index in [4.69, 9.17) is 0 Å². The molecule has 0 N–H and O–H groups in total. The van der Waals surface area contributed by atoms with Crippen molar-refractivity contribution in [1.29, 1.82) is 0 Å². The predicted molar refractivity (Wildman–Crippen MR) is 73.1 cm³/mol. The molecule has 0 aliphatic rings. The summed E-state index contributed by atoms with van der Waals surface area (Å²) in [7, 11) is 4.14. The smallest absolute Gasteiger partial charge is 0.00626 e. The lowest BCUT2D eigenvalue weighted by molar-refractivity contribution is 0.584. The second-order valence-corrected chi connectivity index (χ2v) is 6.91. The third-order valence-corrected chi connectivity index (χ3v) is 5.24. The highest BCUT2D eigenvalue weighted by atomic mass is 33.1. The molecule has 0 fully saturated rings. The maximum atomic E-state index is 2.37. The van der Waals surface area contributed by atoms with Crippen LogP contribution in [0.2, 0.25) is 0 Å². The highest BCUT2D eigenvalue weighted by Crippen LogP contribution is 2.28. The van der Waals surface area contributed by atoms with Gasteiger partial charge in [0.05, 0.1) is 0 Å². The minimum absolute atomic E-state index is 0.902. The van der Waals surface area contributed by atoms with Crippen LogP contribution in [0.4, 0.5) is 0 Å². The molecule has 0 spiro atoms. The topological polar surface area (TPSA) is 0 Å². The molecular formula is C12H26S2. The molecule has 0 aromatic carbocycles. The zero-order valence-corrected chi connectivity index (χ0v) is 11.8. The lowest BCUT2D eigenvalue weighted by atomic mass is 10.1. The molecule has 0 nitrogen and oxygen atoms in total. The quantitative estimate of drug-likeness (QED) is 0.395. The van der Waals surface area contributed by atoms with Crippen molar-refractivity contribution >= 4 is 21.6 Å². The minimum Gasteiger partial charge on any atom is -0.0939 e. The summed E-state index contributed by atoms with van der Waals surface area (Å²) in [6.45, 7) is 9.29. The zero-order valence-electron chi connectivity index (χ0n) is 10.2. The normalized spacial score (nSPS) is 15.4. The Kier molecular flexibility index (Phi) is 10.7. The Bertz CT molecular complexity index is 101. The summed E-state index contributed by atoms with van der Waals surface area (Å²) in [5.74, 6) is 4.47. The van der Waals surface area contributed by atoms with E-state index in [0.29, 0.717) is 0 Å². The molecule has 0 aliphatic carbocycles. The zero-order chi connectivity index (χ0) is 10.8. The van der Waals surface area contributed by atoms with Gasteiger partial charge in [-0.3, -0.25) is 0 Å². The summed E-state index contributed by atoms with van der Waals surface area (Å²) in [6, 6.07) is 0. The van der Waals surface area contributed by atoms with Crippen molar-refractivity contribution in [2.75, 3.05) is 11.5 Å². The molecular weight excluding hydrogens is 208 g/mol. The fraction of sp³-hybridized carbons (Fsp3) is 1.00. The van der Waals surface area contributed by atoms with Gasteiger partial charge in [0.25, 0.3) is 0 Å². The summed E-state index contributed by atoms with van der Waals surface area (Å²) in [4.78, 5) is 0. The number of hydrogen-bond acceptors (Lipinski definition) is 2. The number of hydrogen-bond donors (Lipinski definition) is 0. The van der Waals surface area contributed by atoms with E-state index < -0.39 is 0 Å². The van der Waals surface area contributed by atoms with Crippen molar-refractivity contribution in [3.63, 3.8) is 0 Å². The third kappa shape index (κ3) is 9.26. The molecule has 0 aromatic rings. The van der Waals surface area contributed by atoms with Gasteiger partial charge in [0.15, 0.2) is 0 Å². The van der Waals surface area contributed by atoms with Crippen LogP contribution in [-0.4, -0.2) is 11.5 Å². The fourth-order valence-corrected chi connectivity index (χ4v) is 4.44. The molecule has 0 amide bonds. The Hall–Kier alpha value is 0.700. The van der Waals surface area contributed by atoms with Crippen LogP contribution in [0.5, 0.6) is 0 Å². The van der Waals surface area contributed by atoms with Crippen LogP contribution in [0.25, 0.3) is 0 Å². The van der Waals surface area contributed by atoms with Gasteiger partial charge in [0.2, 0.25) is 0 Å². The molecule has 0 aliphatic heterocycles. The Morgan fingerprint density at radius 3 is 1.43 bits per heavy atom. The Morgan fingerprint density at radius 1 is 0.786 bits per heavy atom. The molecule has 0 bridgehead atoms. The predicted octanol–water partition coefficient (Wildman–Crippen LogP) is 5.24. The second kappa shape index (κ2) is 10.2. The average Bonchev–Trinajstić information content (AvgIpc) is 2.13. The molecule has 14 heavy (non-hydrogen) atoms. The average molecular weight is 234 g/mol. The summed E-state index contributed by atoms with van der Waals surface area (Å²) < 4.78 is 0. The molecule has 2 unspecified atom stereocenters. The summed E-state index contributed by atoms with van der Waals surface area (Å²) in [5, 5.41) is 0. The van der Waals surface area contributed by atoms with E-state index in [9.17, 15) is 0 Å². The number of rotatable bonds is 9. The first-order chi connectivity index (χ1) is 6.70. The molecule has 0 saturated carbocycles. The monoisotopic (exact) mass is 234 g/mol. The van der Waals surface area contributed by atoms with Crippen LogP contribution in [-0.2, 0) is 0 Å². The van der Waals surface area contributed by atoms with Gasteiger partial charge in [-0.25, -0.2) is 0 Å². The summed E-state index contributed by atoms with van der Waals surface area (Å²) in [5.41, 5.74) is 0. The fourth-order valence-electron chi connectivity index (χ4n) is 1.48. The van der Waals surface area contributed by atoms with Crippen molar-refractivity contribution in [2.45, 2.75) is 53.4 Å². The van der Waals surface area contributed by atoms with Gasteiger partial charge < -0.3 is 0 Å². The van der Waals surface area contributed by atoms with Gasteiger partial charge in [-0.2, -0.15) is 0 Å². The van der Waals surface area contributed by atoms with Gasteiger partial charge >= 0.3 is 0 Å². The van der Waals surface area contributed by atoms with Crippen molar-refractivity contribution in [2.24, 2.45) is 11.8 Å². The molecule has 86 valence electrons. The molecule has 0 heterocycles. The third-order valence-electron chi connectivity index (χ3n) is 2.35. The van der Waals surface area contributed by atoms with Crippen molar-refractivity contribution in [1.82, 2.24) is 0 Å². The Balaban J connectivity index is 3.19. The van der Waals surface area contributed by atoms with Gasteiger partial charge in [-0.1, -0.05) is 75.0 Å². The van der Waals surface area contributed by atoms with Gasteiger partial charge in [0, 0.05) is 11.5 Å². The highest BCUT2D eigenvalue weighted by molar-refractivity contribution is 8.76. The summed E-state index contributed by atoms with van der Waals surface area (Å²) >= 11 is 0. The van der Waals surface area contributed by atoms with Crippen LogP contribution in [0.1, 0.15) is 53.4 Å². The summed E-state index contributed by atoms with van der Waals surface area (Å²) in [6.07, 6.45) is 5.44. The largest absolute Gasteiger partial charge is 0.0939 e. The molecule has 2 atom stereocenters. The Morgan fingerprint density at radius 2 is 1.14 bits per heavy atom. The first-order valence-electron chi connectivity index (χ1n) is 5.95. The van der Waals surface area contributed by atoms with E-state index in [-0.39, 0.29) is 0 Å². The van der Waals surface area contributed by atoms with E-state index in [1.807, 2.05) is 0 Å². The highest BCUT2D eigenvalue weighted by Gasteiger charge is 2.03. The van der Waals surface area contributed by atoms with Gasteiger partial charge in [0.1, 0.15) is 0 Å². The van der Waals surface area contributed by atoms with Crippen LogP contribution < -0.4 is 0 Å². The molecule has 0 radical (unpaired) electrons. The van der Waals surface area contributed by atoms with E-state index >= 15 is 0 Å². The molecule has 0 aromatic heterocycles. The second-order valence-electron chi connectivity index (χ2n) is 4.36. The van der Waals surface area contributed by atoms with E-state index in [0.717, 1.165) is 11.8 Å². The van der Waals surface area contributed by atoms with Crippen LogP contribution in [0.3, 0.4) is 0 Å². The van der Waals surface area contributed by atoms with E-state index in [1.54, 1.807) is 0 Å². The molecule has 0 saturated heterocycles.